The first-order chi connectivity index (χ1) is 17.9. The molecule has 8 heteroatoms. The van der Waals surface area contributed by atoms with Gasteiger partial charge in [-0.1, -0.05) is 101 Å². The van der Waals surface area contributed by atoms with E-state index >= 15 is 0 Å². The average Bonchev–Trinajstić information content (AvgIpc) is 2.90. The molecule has 1 unspecified atom stereocenters. The highest BCUT2D eigenvalue weighted by atomic mass is 79.9. The lowest BCUT2D eigenvalue weighted by Crippen LogP contribution is -2.51. The summed E-state index contributed by atoms with van der Waals surface area (Å²) in [5, 5.41) is 3.91. The van der Waals surface area contributed by atoms with E-state index < -0.39 is 6.04 Å². The Hall–Kier alpha value is -1.99. The molecule has 0 aromatic heterocycles. The third-order valence-electron chi connectivity index (χ3n) is 5.85. The maximum Gasteiger partial charge on any atom is 0.243 e. The maximum atomic E-state index is 13.7. The van der Waals surface area contributed by atoms with Crippen LogP contribution in [-0.4, -0.2) is 35.1 Å². The van der Waals surface area contributed by atoms with Crippen molar-refractivity contribution in [1.82, 2.24) is 10.2 Å². The fourth-order valence-electron chi connectivity index (χ4n) is 3.81. The summed E-state index contributed by atoms with van der Waals surface area (Å²) in [5.74, 6) is 0.708. The summed E-state index contributed by atoms with van der Waals surface area (Å²) in [6.45, 7) is 2.91. The highest BCUT2D eigenvalue weighted by molar-refractivity contribution is 9.10. The molecule has 2 amide bonds. The van der Waals surface area contributed by atoms with Gasteiger partial charge in [-0.2, -0.15) is 0 Å². The summed E-state index contributed by atoms with van der Waals surface area (Å²) in [6.07, 6.45) is 2.28. The van der Waals surface area contributed by atoms with Crippen LogP contribution < -0.4 is 5.32 Å². The number of hydrogen-bond acceptors (Lipinski definition) is 3. The van der Waals surface area contributed by atoms with E-state index in [0.29, 0.717) is 28.8 Å². The van der Waals surface area contributed by atoms with E-state index in [1.165, 1.54) is 11.8 Å². The Morgan fingerprint density at radius 3 is 2.32 bits per heavy atom. The van der Waals surface area contributed by atoms with E-state index in [1.807, 2.05) is 60.7 Å². The normalized spacial score (nSPS) is 11.7. The zero-order chi connectivity index (χ0) is 26.6. The van der Waals surface area contributed by atoms with Crippen molar-refractivity contribution >= 4 is 62.7 Å². The number of rotatable bonds is 13. The van der Waals surface area contributed by atoms with Crippen molar-refractivity contribution in [3.05, 3.63) is 104 Å². The molecule has 4 nitrogen and oxygen atoms in total. The molecule has 0 spiro atoms. The van der Waals surface area contributed by atoms with Crippen molar-refractivity contribution in [2.75, 3.05) is 12.3 Å². The molecule has 0 saturated heterocycles. The number of unbranched alkanes of at least 4 members (excludes halogenated alkanes) is 1. The van der Waals surface area contributed by atoms with Gasteiger partial charge in [0.15, 0.2) is 0 Å². The molecule has 1 N–H and O–H groups in total. The number of benzene rings is 3. The van der Waals surface area contributed by atoms with Gasteiger partial charge in [-0.25, -0.2) is 0 Å². The third-order valence-corrected chi connectivity index (χ3v) is 8.10. The van der Waals surface area contributed by atoms with Crippen molar-refractivity contribution in [2.45, 2.75) is 44.5 Å². The van der Waals surface area contributed by atoms with Gasteiger partial charge in [0.05, 0.1) is 15.8 Å². The van der Waals surface area contributed by atoms with Crippen molar-refractivity contribution in [2.24, 2.45) is 0 Å². The van der Waals surface area contributed by atoms with Crippen molar-refractivity contribution in [1.29, 1.82) is 0 Å². The first-order valence-corrected chi connectivity index (χ1v) is 14.9. The van der Waals surface area contributed by atoms with Crippen molar-refractivity contribution in [3.63, 3.8) is 0 Å². The predicted molar refractivity (Wildman–Crippen MR) is 159 cm³/mol. The molecule has 1 atom stereocenters. The van der Waals surface area contributed by atoms with Gasteiger partial charge in [0.2, 0.25) is 11.8 Å². The molecule has 0 heterocycles. The Labute approximate surface area is 242 Å². The van der Waals surface area contributed by atoms with E-state index in [9.17, 15) is 9.59 Å². The SMILES string of the molecule is CCCCNC(=O)C(Cc1ccccc1)N(Cc1ccc(Cl)c(Cl)c1)C(=O)CSCc1ccc(Br)cc1. The lowest BCUT2D eigenvalue weighted by Gasteiger charge is -2.31. The molecular formula is C29H31BrCl2N2O2S. The van der Waals surface area contributed by atoms with Gasteiger partial charge in [-0.05, 0) is 47.4 Å². The minimum Gasteiger partial charge on any atom is -0.354 e. The van der Waals surface area contributed by atoms with Gasteiger partial charge in [-0.3, -0.25) is 9.59 Å². The van der Waals surface area contributed by atoms with Gasteiger partial charge in [0, 0.05) is 29.7 Å². The molecular weight excluding hydrogens is 591 g/mol. The number of nitrogens with zero attached hydrogens (tertiary/aromatic N) is 1. The molecule has 3 aromatic carbocycles. The first kappa shape index (κ1) is 29.6. The van der Waals surface area contributed by atoms with Crippen molar-refractivity contribution < 1.29 is 9.59 Å². The number of amides is 2. The van der Waals surface area contributed by atoms with E-state index in [1.54, 1.807) is 17.0 Å². The quantitative estimate of drug-likeness (QED) is 0.201. The Kier molecular flexibility index (Phi) is 12.3. The van der Waals surface area contributed by atoms with E-state index in [2.05, 4.69) is 28.2 Å². The molecule has 0 aliphatic rings. The summed E-state index contributed by atoms with van der Waals surface area (Å²) in [5.41, 5.74) is 2.95. The second kappa shape index (κ2) is 15.4. The van der Waals surface area contributed by atoms with E-state index in [-0.39, 0.29) is 24.1 Å². The van der Waals surface area contributed by atoms with E-state index in [4.69, 9.17) is 23.2 Å². The van der Waals surface area contributed by atoms with Crippen LogP contribution in [0.25, 0.3) is 0 Å². The van der Waals surface area contributed by atoms with Crippen LogP contribution in [0.3, 0.4) is 0 Å². The summed E-state index contributed by atoms with van der Waals surface area (Å²) in [4.78, 5) is 28.8. The summed E-state index contributed by atoms with van der Waals surface area (Å²) >= 11 is 17.4. The van der Waals surface area contributed by atoms with Gasteiger partial charge in [0.1, 0.15) is 6.04 Å². The first-order valence-electron chi connectivity index (χ1n) is 12.2. The smallest absolute Gasteiger partial charge is 0.243 e. The van der Waals surface area contributed by atoms with Crippen LogP contribution in [0.15, 0.2) is 77.3 Å². The molecule has 196 valence electrons. The molecule has 0 aliphatic heterocycles. The largest absolute Gasteiger partial charge is 0.354 e. The highest BCUT2D eigenvalue weighted by Crippen LogP contribution is 2.25. The number of nitrogens with one attached hydrogen (secondary N) is 1. The monoisotopic (exact) mass is 620 g/mol. The molecule has 0 fully saturated rings. The van der Waals surface area contributed by atoms with Gasteiger partial charge < -0.3 is 10.2 Å². The van der Waals surface area contributed by atoms with E-state index in [0.717, 1.165) is 34.0 Å². The van der Waals surface area contributed by atoms with Crippen LogP contribution in [0.2, 0.25) is 10.0 Å². The second-order valence-corrected chi connectivity index (χ2v) is 11.5. The number of carbonyl (C=O) groups is 2. The average molecular weight is 622 g/mol. The van der Waals surface area contributed by atoms with Crippen LogP contribution in [0.1, 0.15) is 36.5 Å². The Morgan fingerprint density at radius 2 is 1.65 bits per heavy atom. The Bertz CT molecular complexity index is 1160. The zero-order valence-electron chi connectivity index (χ0n) is 20.8. The predicted octanol–water partition coefficient (Wildman–Crippen LogP) is 7.55. The van der Waals surface area contributed by atoms with Gasteiger partial charge in [0.25, 0.3) is 0 Å². The second-order valence-electron chi connectivity index (χ2n) is 8.74. The number of hydrogen-bond donors (Lipinski definition) is 1. The molecule has 0 aliphatic carbocycles. The van der Waals surface area contributed by atoms with Crippen LogP contribution in [-0.2, 0) is 28.3 Å². The molecule has 37 heavy (non-hydrogen) atoms. The Balaban J connectivity index is 1.84. The molecule has 3 aromatic rings. The lowest BCUT2D eigenvalue weighted by atomic mass is 10.0. The van der Waals surface area contributed by atoms with Crippen LogP contribution in [0.5, 0.6) is 0 Å². The van der Waals surface area contributed by atoms with Crippen LogP contribution in [0, 0.1) is 0 Å². The number of thioether (sulfide) groups is 1. The fourth-order valence-corrected chi connectivity index (χ4v) is 5.27. The lowest BCUT2D eigenvalue weighted by molar-refractivity contribution is -0.139. The Morgan fingerprint density at radius 1 is 0.946 bits per heavy atom. The number of carbonyl (C=O) groups excluding carboxylic acids is 2. The standard InChI is InChI=1S/C29H31BrCl2N2O2S/c1-2-3-15-33-29(36)27(17-21-7-5-4-6-8-21)34(18-23-11-14-25(31)26(32)16-23)28(35)20-37-19-22-9-12-24(30)13-10-22/h4-14,16,27H,2-3,15,17-20H2,1H3,(H,33,36). The van der Waals surface area contributed by atoms with Gasteiger partial charge in [-0.15, -0.1) is 11.8 Å². The number of halogens is 3. The topological polar surface area (TPSA) is 49.4 Å². The van der Waals surface area contributed by atoms with Gasteiger partial charge >= 0.3 is 0 Å². The zero-order valence-corrected chi connectivity index (χ0v) is 24.7. The summed E-state index contributed by atoms with van der Waals surface area (Å²) < 4.78 is 1.02. The fraction of sp³-hybridized carbons (Fsp3) is 0.310. The summed E-state index contributed by atoms with van der Waals surface area (Å²) in [7, 11) is 0. The molecule has 0 radical (unpaired) electrons. The third kappa shape index (κ3) is 9.68. The van der Waals surface area contributed by atoms with Crippen LogP contribution in [0.4, 0.5) is 0 Å². The maximum absolute atomic E-state index is 13.7. The summed E-state index contributed by atoms with van der Waals surface area (Å²) in [6, 6.07) is 22.5. The highest BCUT2D eigenvalue weighted by Gasteiger charge is 2.30. The van der Waals surface area contributed by atoms with Crippen LogP contribution >= 0.6 is 50.9 Å². The minimum absolute atomic E-state index is 0.0974. The molecule has 0 bridgehead atoms. The molecule has 0 saturated carbocycles. The van der Waals surface area contributed by atoms with Crippen molar-refractivity contribution in [3.8, 4) is 0 Å². The molecule has 3 rings (SSSR count). The minimum atomic E-state index is -0.658.